The van der Waals surface area contributed by atoms with Crippen LogP contribution in [0.4, 0.5) is 5.69 Å². The molecule has 0 bridgehead atoms. The molecule has 1 fully saturated rings. The number of benzene rings is 2. The van der Waals surface area contributed by atoms with E-state index in [2.05, 4.69) is 5.32 Å². The summed E-state index contributed by atoms with van der Waals surface area (Å²) < 4.78 is 5.73. The van der Waals surface area contributed by atoms with Crippen LogP contribution in [0, 0.1) is 13.8 Å². The van der Waals surface area contributed by atoms with E-state index in [1.54, 1.807) is 30.3 Å². The number of carboxylic acid groups (broad SMARTS) is 1. The highest BCUT2D eigenvalue weighted by Crippen LogP contribution is 2.32. The number of amides is 2. The molecule has 0 aromatic heterocycles. The highest BCUT2D eigenvalue weighted by Gasteiger charge is 2.33. The second-order valence-electron chi connectivity index (χ2n) is 6.87. The molecule has 2 N–H and O–H groups in total. The number of carboxylic acids is 1. The Morgan fingerprint density at radius 2 is 1.87 bits per heavy atom. The Kier molecular flexibility index (Phi) is 7.09. The molecule has 3 rings (SSSR count). The van der Waals surface area contributed by atoms with Crippen molar-refractivity contribution in [3.63, 3.8) is 0 Å². The first-order valence-electron chi connectivity index (χ1n) is 9.30. The monoisotopic (exact) mass is 456 g/mol. The Labute approximate surface area is 189 Å². The van der Waals surface area contributed by atoms with Gasteiger partial charge in [0.1, 0.15) is 16.6 Å². The Balaban J connectivity index is 1.56. The van der Waals surface area contributed by atoms with Crippen molar-refractivity contribution in [3.8, 4) is 5.75 Å². The number of ether oxygens (including phenoxy) is 1. The molecule has 0 spiro atoms. The van der Waals surface area contributed by atoms with E-state index in [4.69, 9.17) is 22.1 Å². The number of hydrogen-bond acceptors (Lipinski definition) is 6. The van der Waals surface area contributed by atoms with Crippen LogP contribution in [0.5, 0.6) is 5.75 Å². The third-order valence-corrected chi connectivity index (χ3v) is 5.88. The Hall–Kier alpha value is -3.17. The number of thiocarbonyl (C=S) groups is 1. The average Bonchev–Trinajstić information content (AvgIpc) is 2.97. The van der Waals surface area contributed by atoms with Crippen LogP contribution < -0.4 is 10.1 Å². The Morgan fingerprint density at radius 3 is 2.52 bits per heavy atom. The van der Waals surface area contributed by atoms with Gasteiger partial charge in [-0.2, -0.15) is 0 Å². The minimum atomic E-state index is -1.12. The number of rotatable bonds is 7. The first-order chi connectivity index (χ1) is 14.7. The first kappa shape index (κ1) is 22.5. The van der Waals surface area contributed by atoms with Crippen LogP contribution in [-0.4, -0.2) is 45.3 Å². The van der Waals surface area contributed by atoms with Crippen LogP contribution in [0.15, 0.2) is 47.4 Å². The summed E-state index contributed by atoms with van der Waals surface area (Å²) >= 11 is 6.14. The van der Waals surface area contributed by atoms with Gasteiger partial charge in [-0.25, -0.2) is 0 Å². The van der Waals surface area contributed by atoms with Gasteiger partial charge in [-0.3, -0.25) is 19.3 Å². The Morgan fingerprint density at radius 1 is 1.16 bits per heavy atom. The molecule has 31 heavy (non-hydrogen) atoms. The molecule has 1 aliphatic rings. The van der Waals surface area contributed by atoms with Crippen LogP contribution in [0.3, 0.4) is 0 Å². The van der Waals surface area contributed by atoms with Crippen molar-refractivity contribution in [1.29, 1.82) is 0 Å². The predicted molar refractivity (Wildman–Crippen MR) is 124 cm³/mol. The fourth-order valence-electron chi connectivity index (χ4n) is 2.75. The van der Waals surface area contributed by atoms with E-state index >= 15 is 0 Å². The fourth-order valence-corrected chi connectivity index (χ4v) is 4.00. The second-order valence-corrected chi connectivity index (χ2v) is 8.54. The summed E-state index contributed by atoms with van der Waals surface area (Å²) in [5.74, 6) is -1.32. The molecule has 2 amide bonds. The minimum absolute atomic E-state index is 0.139. The van der Waals surface area contributed by atoms with Gasteiger partial charge in [0.25, 0.3) is 11.8 Å². The number of anilines is 1. The number of hydrogen-bond donors (Lipinski definition) is 2. The van der Waals surface area contributed by atoms with Crippen molar-refractivity contribution in [2.75, 3.05) is 18.5 Å². The molecule has 0 atom stereocenters. The van der Waals surface area contributed by atoms with Crippen molar-refractivity contribution >= 4 is 57.8 Å². The Bertz CT molecular complexity index is 1080. The van der Waals surface area contributed by atoms with E-state index < -0.39 is 18.4 Å². The lowest BCUT2D eigenvalue weighted by molar-refractivity contribution is -0.140. The number of nitrogens with zero attached hydrogens (tertiary/aromatic N) is 1. The number of carbonyl (C=O) groups is 3. The zero-order valence-electron chi connectivity index (χ0n) is 16.9. The van der Waals surface area contributed by atoms with E-state index in [0.29, 0.717) is 16.3 Å². The zero-order valence-corrected chi connectivity index (χ0v) is 18.5. The number of aryl methyl sites for hydroxylation is 2. The summed E-state index contributed by atoms with van der Waals surface area (Å²) in [6, 6.07) is 12.5. The summed E-state index contributed by atoms with van der Waals surface area (Å²) in [4.78, 5) is 36.7. The third-order valence-electron chi connectivity index (χ3n) is 4.51. The lowest BCUT2D eigenvalue weighted by atomic mass is 10.1. The lowest BCUT2D eigenvalue weighted by Crippen LogP contribution is -2.33. The van der Waals surface area contributed by atoms with Gasteiger partial charge in [0, 0.05) is 5.69 Å². The minimum Gasteiger partial charge on any atom is -0.484 e. The predicted octanol–water partition coefficient (Wildman–Crippen LogP) is 3.61. The van der Waals surface area contributed by atoms with Crippen molar-refractivity contribution < 1.29 is 24.2 Å². The smallest absolute Gasteiger partial charge is 0.323 e. The maximum absolute atomic E-state index is 12.3. The third kappa shape index (κ3) is 5.93. The van der Waals surface area contributed by atoms with E-state index in [1.807, 2.05) is 32.0 Å². The van der Waals surface area contributed by atoms with Gasteiger partial charge in [-0.05, 0) is 60.9 Å². The molecule has 0 unspecified atom stereocenters. The zero-order chi connectivity index (χ0) is 22.5. The number of nitrogens with one attached hydrogen (secondary N) is 1. The van der Waals surface area contributed by atoms with Gasteiger partial charge in [0.05, 0.1) is 4.91 Å². The van der Waals surface area contributed by atoms with Crippen molar-refractivity contribution in [2.24, 2.45) is 0 Å². The van der Waals surface area contributed by atoms with Crippen LogP contribution in [0.25, 0.3) is 6.08 Å². The molecule has 2 aromatic rings. The van der Waals surface area contributed by atoms with Crippen LogP contribution >= 0.6 is 24.0 Å². The lowest BCUT2D eigenvalue weighted by Gasteiger charge is -2.10. The summed E-state index contributed by atoms with van der Waals surface area (Å²) in [5, 5.41) is 11.7. The van der Waals surface area contributed by atoms with E-state index in [9.17, 15) is 14.4 Å². The number of thioether (sulfide) groups is 1. The molecule has 9 heteroatoms. The molecular weight excluding hydrogens is 436 g/mol. The molecule has 7 nitrogen and oxygen atoms in total. The molecule has 1 aliphatic heterocycles. The maximum Gasteiger partial charge on any atom is 0.323 e. The van der Waals surface area contributed by atoms with Gasteiger partial charge in [-0.15, -0.1) is 0 Å². The average molecular weight is 457 g/mol. The second kappa shape index (κ2) is 9.76. The summed E-state index contributed by atoms with van der Waals surface area (Å²) in [7, 11) is 0. The molecule has 0 aliphatic carbocycles. The van der Waals surface area contributed by atoms with Gasteiger partial charge in [-0.1, -0.05) is 42.2 Å². The fraction of sp³-hybridized carbons (Fsp3) is 0.182. The van der Waals surface area contributed by atoms with Gasteiger partial charge < -0.3 is 15.2 Å². The molecular formula is C22H20N2O5S2. The van der Waals surface area contributed by atoms with Gasteiger partial charge in [0.15, 0.2) is 6.61 Å². The number of aliphatic carboxylic acids is 1. The van der Waals surface area contributed by atoms with Gasteiger partial charge in [0.2, 0.25) is 0 Å². The van der Waals surface area contributed by atoms with Crippen molar-refractivity contribution in [1.82, 2.24) is 4.90 Å². The summed E-state index contributed by atoms with van der Waals surface area (Å²) in [5.41, 5.74) is 3.68. The molecule has 1 heterocycles. The molecule has 0 saturated carbocycles. The molecule has 160 valence electrons. The molecule has 1 saturated heterocycles. The normalized spacial score (nSPS) is 14.8. The maximum atomic E-state index is 12.3. The molecule has 0 radical (unpaired) electrons. The SMILES string of the molecule is Cc1ccc(NC(=O)COc2ccc(C=C3SC(=S)N(CC(=O)O)C3=O)cc2)cc1C. The topological polar surface area (TPSA) is 95.9 Å². The van der Waals surface area contributed by atoms with E-state index in [-0.39, 0.29) is 16.8 Å². The van der Waals surface area contributed by atoms with Crippen LogP contribution in [0.1, 0.15) is 16.7 Å². The summed E-state index contributed by atoms with van der Waals surface area (Å²) in [6.07, 6.45) is 1.64. The highest BCUT2D eigenvalue weighted by molar-refractivity contribution is 8.26. The standard InChI is InChI=1S/C22H20N2O5S2/c1-13-3-6-16(9-14(13)2)23-19(25)12-29-17-7-4-15(5-8-17)10-18-21(28)24(11-20(26)27)22(30)31-18/h3-10H,11-12H2,1-2H3,(H,23,25)(H,26,27). The van der Waals surface area contributed by atoms with Crippen molar-refractivity contribution in [3.05, 3.63) is 64.1 Å². The van der Waals surface area contributed by atoms with Crippen LogP contribution in [-0.2, 0) is 14.4 Å². The highest BCUT2D eigenvalue weighted by atomic mass is 32.2. The van der Waals surface area contributed by atoms with Gasteiger partial charge >= 0.3 is 5.97 Å². The number of carbonyl (C=O) groups excluding carboxylic acids is 2. The molecule has 2 aromatic carbocycles. The van der Waals surface area contributed by atoms with E-state index in [1.165, 1.54) is 0 Å². The summed E-state index contributed by atoms with van der Waals surface area (Å²) in [6.45, 7) is 3.39. The first-order valence-corrected chi connectivity index (χ1v) is 10.5. The van der Waals surface area contributed by atoms with E-state index in [0.717, 1.165) is 33.4 Å². The quantitative estimate of drug-likeness (QED) is 0.485. The van der Waals surface area contributed by atoms with Crippen LogP contribution in [0.2, 0.25) is 0 Å². The largest absolute Gasteiger partial charge is 0.484 e. The van der Waals surface area contributed by atoms with Crippen molar-refractivity contribution in [2.45, 2.75) is 13.8 Å².